The molecule has 0 radical (unpaired) electrons. The van der Waals surface area contributed by atoms with Crippen LogP contribution in [0.15, 0.2) is 48.5 Å². The molecule has 1 heterocycles. The van der Waals surface area contributed by atoms with E-state index in [1.807, 2.05) is 0 Å². The largest absolute Gasteiger partial charge is 0.296 e. The van der Waals surface area contributed by atoms with Crippen LogP contribution >= 0.6 is 0 Å². The molecule has 2 aromatic carbocycles. The minimum atomic E-state index is 1.15. The molecule has 3 rings (SSSR count). The highest BCUT2D eigenvalue weighted by Crippen LogP contribution is 2.15. The number of benzene rings is 2. The Morgan fingerprint density at radius 1 is 0.857 bits per heavy atom. The SMILES string of the molecule is Cc1cccc(-n2[c-][n+](-c3cccc(C)c3)c(C)c2C)c1. The van der Waals surface area contributed by atoms with Crippen LogP contribution in [0.1, 0.15) is 22.5 Å². The van der Waals surface area contributed by atoms with Crippen LogP contribution in [0.5, 0.6) is 0 Å². The predicted octanol–water partition coefficient (Wildman–Crippen LogP) is 3.79. The van der Waals surface area contributed by atoms with E-state index in [9.17, 15) is 0 Å². The van der Waals surface area contributed by atoms with Crippen LogP contribution in [0.25, 0.3) is 11.4 Å². The van der Waals surface area contributed by atoms with Gasteiger partial charge in [-0.05, 0) is 52.0 Å². The number of rotatable bonds is 2. The minimum absolute atomic E-state index is 1.15. The molecule has 0 saturated carbocycles. The Morgan fingerprint density at radius 3 is 2.19 bits per heavy atom. The second-order valence-electron chi connectivity index (χ2n) is 5.62. The van der Waals surface area contributed by atoms with Crippen molar-refractivity contribution in [2.75, 3.05) is 0 Å². The average molecular weight is 276 g/mol. The molecule has 3 aromatic rings. The summed E-state index contributed by atoms with van der Waals surface area (Å²) in [4.78, 5) is 0. The number of aryl methyl sites for hydroxylation is 2. The van der Waals surface area contributed by atoms with Crippen molar-refractivity contribution in [2.24, 2.45) is 0 Å². The summed E-state index contributed by atoms with van der Waals surface area (Å²) >= 11 is 0. The van der Waals surface area contributed by atoms with Gasteiger partial charge < -0.3 is 0 Å². The molecule has 1 aromatic heterocycles. The molecule has 0 aliphatic carbocycles. The number of nitrogens with zero attached hydrogens (tertiary/aromatic N) is 2. The van der Waals surface area contributed by atoms with E-state index in [-0.39, 0.29) is 0 Å². The summed E-state index contributed by atoms with van der Waals surface area (Å²) < 4.78 is 4.26. The second-order valence-corrected chi connectivity index (χ2v) is 5.62. The van der Waals surface area contributed by atoms with Crippen molar-refractivity contribution in [3.05, 3.63) is 77.4 Å². The van der Waals surface area contributed by atoms with Crippen LogP contribution in [-0.2, 0) is 0 Å². The van der Waals surface area contributed by atoms with Gasteiger partial charge in [-0.25, -0.2) is 0 Å². The molecule has 2 heteroatoms. The van der Waals surface area contributed by atoms with Gasteiger partial charge in [0, 0.05) is 0 Å². The standard InChI is InChI=1S/C19H20N2/c1-14-7-5-9-18(11-14)20-13-21(17(4)16(20)3)19-10-6-8-15(2)12-19/h5-12H,1-4H3. The molecule has 0 unspecified atom stereocenters. The van der Waals surface area contributed by atoms with Crippen molar-refractivity contribution < 1.29 is 4.57 Å². The van der Waals surface area contributed by atoms with Gasteiger partial charge in [0.25, 0.3) is 6.33 Å². The van der Waals surface area contributed by atoms with E-state index in [0.717, 1.165) is 11.4 Å². The van der Waals surface area contributed by atoms with Crippen molar-refractivity contribution in [2.45, 2.75) is 27.7 Å². The number of aromatic nitrogens is 2. The van der Waals surface area contributed by atoms with Gasteiger partial charge in [-0.2, -0.15) is 0 Å². The van der Waals surface area contributed by atoms with Crippen LogP contribution in [0, 0.1) is 34.0 Å². The molecule has 0 bridgehead atoms. The zero-order valence-electron chi connectivity index (χ0n) is 13.0. The smallest absolute Gasteiger partial charge is 0.269 e. The van der Waals surface area contributed by atoms with Gasteiger partial charge in [0.1, 0.15) is 0 Å². The molecule has 0 fully saturated rings. The van der Waals surface area contributed by atoms with Gasteiger partial charge in [0.2, 0.25) is 0 Å². The summed E-state index contributed by atoms with van der Waals surface area (Å²) in [7, 11) is 0. The summed E-state index contributed by atoms with van der Waals surface area (Å²) in [5.41, 5.74) is 7.25. The molecule has 0 aliphatic heterocycles. The summed E-state index contributed by atoms with van der Waals surface area (Å²) in [6, 6.07) is 17.0. The fourth-order valence-corrected chi connectivity index (χ4v) is 2.61. The van der Waals surface area contributed by atoms with Crippen LogP contribution in [0.2, 0.25) is 0 Å². The molecule has 21 heavy (non-hydrogen) atoms. The maximum Gasteiger partial charge on any atom is 0.269 e. The summed E-state index contributed by atoms with van der Waals surface area (Å²) in [6.45, 7) is 8.51. The van der Waals surface area contributed by atoms with Crippen LogP contribution in [-0.4, -0.2) is 4.57 Å². The third kappa shape index (κ3) is 2.49. The van der Waals surface area contributed by atoms with Crippen LogP contribution in [0.4, 0.5) is 0 Å². The molecular formula is C19H20N2. The lowest BCUT2D eigenvalue weighted by Gasteiger charge is -2.04. The fourth-order valence-electron chi connectivity index (χ4n) is 2.61. The van der Waals surface area contributed by atoms with Gasteiger partial charge in [-0.15, -0.1) is 0 Å². The van der Waals surface area contributed by atoms with E-state index in [1.54, 1.807) is 0 Å². The maximum atomic E-state index is 3.47. The maximum absolute atomic E-state index is 3.47. The Morgan fingerprint density at radius 2 is 1.52 bits per heavy atom. The van der Waals surface area contributed by atoms with E-state index in [1.165, 1.54) is 22.5 Å². The van der Waals surface area contributed by atoms with Crippen molar-refractivity contribution in [3.8, 4) is 11.4 Å². The third-order valence-corrected chi connectivity index (χ3v) is 3.91. The van der Waals surface area contributed by atoms with E-state index in [4.69, 9.17) is 0 Å². The number of hydrogen-bond acceptors (Lipinski definition) is 0. The highest BCUT2D eigenvalue weighted by molar-refractivity contribution is 5.37. The molecule has 0 N–H and O–H groups in total. The van der Waals surface area contributed by atoms with Crippen molar-refractivity contribution >= 4 is 0 Å². The molecule has 0 atom stereocenters. The highest BCUT2D eigenvalue weighted by atomic mass is 15.1. The van der Waals surface area contributed by atoms with Gasteiger partial charge in [0.05, 0.1) is 22.8 Å². The Bertz CT molecular complexity index is 731. The lowest BCUT2D eigenvalue weighted by atomic mass is 10.2. The number of hydrogen-bond donors (Lipinski definition) is 0. The molecule has 0 saturated heterocycles. The van der Waals surface area contributed by atoms with Crippen molar-refractivity contribution in [3.63, 3.8) is 0 Å². The first-order valence-electron chi connectivity index (χ1n) is 7.23. The van der Waals surface area contributed by atoms with Crippen LogP contribution in [0.3, 0.4) is 0 Å². The van der Waals surface area contributed by atoms with E-state index >= 15 is 0 Å². The van der Waals surface area contributed by atoms with Gasteiger partial charge in [-0.3, -0.25) is 9.13 Å². The van der Waals surface area contributed by atoms with Crippen LogP contribution < -0.4 is 4.57 Å². The number of imidazole rings is 1. The normalized spacial score (nSPS) is 10.9. The van der Waals surface area contributed by atoms with E-state index in [2.05, 4.69) is 91.7 Å². The first-order chi connectivity index (χ1) is 10.1. The lowest BCUT2D eigenvalue weighted by Crippen LogP contribution is -2.32. The average Bonchev–Trinajstić information content (AvgIpc) is 2.75. The second kappa shape index (κ2) is 5.21. The zero-order valence-corrected chi connectivity index (χ0v) is 13.0. The Labute approximate surface area is 126 Å². The topological polar surface area (TPSA) is 8.81 Å². The molecule has 106 valence electrons. The Hall–Kier alpha value is -2.35. The molecule has 2 nitrogen and oxygen atoms in total. The lowest BCUT2D eigenvalue weighted by molar-refractivity contribution is -0.606. The van der Waals surface area contributed by atoms with E-state index < -0.39 is 0 Å². The van der Waals surface area contributed by atoms with Gasteiger partial charge in [-0.1, -0.05) is 35.4 Å². The zero-order chi connectivity index (χ0) is 15.0. The van der Waals surface area contributed by atoms with Crippen molar-refractivity contribution in [1.29, 1.82) is 0 Å². The van der Waals surface area contributed by atoms with E-state index in [0.29, 0.717) is 0 Å². The summed E-state index contributed by atoms with van der Waals surface area (Å²) in [5.74, 6) is 0. The monoisotopic (exact) mass is 276 g/mol. The quantitative estimate of drug-likeness (QED) is 0.497. The third-order valence-electron chi connectivity index (χ3n) is 3.91. The van der Waals surface area contributed by atoms with Crippen molar-refractivity contribution in [1.82, 2.24) is 4.57 Å². The predicted molar refractivity (Wildman–Crippen MR) is 85.1 cm³/mol. The Balaban J connectivity index is 2.16. The Kier molecular flexibility index (Phi) is 3.38. The van der Waals surface area contributed by atoms with Gasteiger partial charge >= 0.3 is 0 Å². The first kappa shape index (κ1) is 13.6. The molecule has 0 aliphatic rings. The molecule has 0 spiro atoms. The molecular weight excluding hydrogens is 256 g/mol. The van der Waals surface area contributed by atoms with Gasteiger partial charge in [0.15, 0.2) is 0 Å². The first-order valence-corrected chi connectivity index (χ1v) is 7.23. The highest BCUT2D eigenvalue weighted by Gasteiger charge is 2.12. The summed E-state index contributed by atoms with van der Waals surface area (Å²) in [6.07, 6.45) is 3.47. The summed E-state index contributed by atoms with van der Waals surface area (Å²) in [5, 5.41) is 0. The molecule has 0 amide bonds. The minimum Gasteiger partial charge on any atom is -0.296 e. The fraction of sp³-hybridized carbons (Fsp3) is 0.211.